The molecule has 7 nitrogen and oxygen atoms in total. The first-order chi connectivity index (χ1) is 11.3. The van der Waals surface area contributed by atoms with Gasteiger partial charge in [0.15, 0.2) is 0 Å². The Kier molecular flexibility index (Phi) is 4.75. The Morgan fingerprint density at radius 1 is 1.17 bits per heavy atom. The smallest absolute Gasteiger partial charge is 0.318 e. The van der Waals surface area contributed by atoms with Crippen LogP contribution in [0.3, 0.4) is 0 Å². The van der Waals surface area contributed by atoms with E-state index in [-0.39, 0.29) is 6.03 Å². The fourth-order valence-electron chi connectivity index (χ4n) is 2.49. The van der Waals surface area contributed by atoms with Crippen molar-refractivity contribution in [3.63, 3.8) is 0 Å². The van der Waals surface area contributed by atoms with Crippen LogP contribution in [0.25, 0.3) is 11.5 Å². The van der Waals surface area contributed by atoms with Gasteiger partial charge in [-0.05, 0) is 18.6 Å². The van der Waals surface area contributed by atoms with Gasteiger partial charge in [-0.1, -0.05) is 30.2 Å². The topological polar surface area (TPSA) is 74.5 Å². The third-order valence-corrected chi connectivity index (χ3v) is 3.80. The molecule has 2 amide bonds. The van der Waals surface area contributed by atoms with E-state index in [0.29, 0.717) is 44.6 Å². The first-order valence-corrected chi connectivity index (χ1v) is 7.94. The van der Waals surface area contributed by atoms with E-state index in [2.05, 4.69) is 15.5 Å². The summed E-state index contributed by atoms with van der Waals surface area (Å²) >= 11 is 0. The average molecular weight is 315 g/mol. The summed E-state index contributed by atoms with van der Waals surface area (Å²) in [6.45, 7) is 5.43. The summed E-state index contributed by atoms with van der Waals surface area (Å²) in [7, 11) is 0. The second kappa shape index (κ2) is 7.13. The van der Waals surface area contributed by atoms with Crippen LogP contribution < -0.4 is 10.2 Å². The Morgan fingerprint density at radius 3 is 2.61 bits per heavy atom. The molecule has 7 heteroatoms. The molecule has 2 heterocycles. The number of benzene rings is 1. The van der Waals surface area contributed by atoms with E-state index in [0.717, 1.165) is 12.0 Å². The molecule has 1 aromatic carbocycles. The second-order valence-corrected chi connectivity index (χ2v) is 5.46. The van der Waals surface area contributed by atoms with Gasteiger partial charge in [0.2, 0.25) is 5.89 Å². The van der Waals surface area contributed by atoms with Crippen molar-refractivity contribution in [2.45, 2.75) is 13.3 Å². The summed E-state index contributed by atoms with van der Waals surface area (Å²) in [6.07, 6.45) is 0.940. The molecule has 0 saturated carbocycles. The van der Waals surface area contributed by atoms with Gasteiger partial charge in [-0.25, -0.2) is 4.79 Å². The lowest BCUT2D eigenvalue weighted by atomic mass is 10.2. The molecule has 3 rings (SSSR count). The highest BCUT2D eigenvalue weighted by Gasteiger charge is 2.24. The minimum atomic E-state index is 0.00186. The largest absolute Gasteiger partial charge is 0.403 e. The van der Waals surface area contributed by atoms with Crippen molar-refractivity contribution < 1.29 is 9.21 Å². The van der Waals surface area contributed by atoms with Crippen LogP contribution in [0.15, 0.2) is 34.7 Å². The number of amides is 2. The third kappa shape index (κ3) is 3.61. The number of carbonyl (C=O) groups excluding carboxylic acids is 1. The minimum Gasteiger partial charge on any atom is -0.403 e. The fraction of sp³-hybridized carbons (Fsp3) is 0.438. The molecule has 1 fully saturated rings. The second-order valence-electron chi connectivity index (χ2n) is 5.46. The van der Waals surface area contributed by atoms with E-state index in [9.17, 15) is 4.79 Å². The standard InChI is InChI=1S/C16H21N5O2/c1-2-8-17-15(22)20-9-11-21(12-10-20)16-19-18-14(23-16)13-6-4-3-5-7-13/h3-7H,2,8-12H2,1H3,(H,17,22). The Bertz CT molecular complexity index is 635. The molecule has 0 bridgehead atoms. The first kappa shape index (κ1) is 15.3. The van der Waals surface area contributed by atoms with Crippen molar-refractivity contribution in [1.82, 2.24) is 20.4 Å². The van der Waals surface area contributed by atoms with Gasteiger partial charge in [-0.15, -0.1) is 5.10 Å². The van der Waals surface area contributed by atoms with Crippen LogP contribution in [-0.2, 0) is 0 Å². The molecule has 0 aliphatic carbocycles. The highest BCUT2D eigenvalue weighted by atomic mass is 16.4. The van der Waals surface area contributed by atoms with Crippen LogP contribution in [0.2, 0.25) is 0 Å². The van der Waals surface area contributed by atoms with Gasteiger partial charge in [-0.2, -0.15) is 0 Å². The number of nitrogens with one attached hydrogen (secondary N) is 1. The highest BCUT2D eigenvalue weighted by Crippen LogP contribution is 2.22. The number of piperazine rings is 1. The molecule has 0 unspecified atom stereocenters. The zero-order valence-electron chi connectivity index (χ0n) is 13.2. The number of urea groups is 1. The molecule has 1 aromatic heterocycles. The molecule has 1 N–H and O–H groups in total. The predicted octanol–water partition coefficient (Wildman–Crippen LogP) is 1.98. The number of hydrogen-bond donors (Lipinski definition) is 1. The van der Waals surface area contributed by atoms with E-state index in [1.807, 2.05) is 47.1 Å². The normalized spacial score (nSPS) is 14.8. The van der Waals surface area contributed by atoms with Gasteiger partial charge in [0.05, 0.1) is 0 Å². The van der Waals surface area contributed by atoms with Gasteiger partial charge in [0.25, 0.3) is 0 Å². The van der Waals surface area contributed by atoms with Crippen LogP contribution in [-0.4, -0.2) is 53.9 Å². The lowest BCUT2D eigenvalue weighted by Crippen LogP contribution is -2.52. The van der Waals surface area contributed by atoms with E-state index in [4.69, 9.17) is 4.42 Å². The van der Waals surface area contributed by atoms with Crippen molar-refractivity contribution in [2.24, 2.45) is 0 Å². The van der Waals surface area contributed by atoms with Crippen LogP contribution in [0.1, 0.15) is 13.3 Å². The molecule has 1 aliphatic heterocycles. The SMILES string of the molecule is CCCNC(=O)N1CCN(c2nnc(-c3ccccc3)o2)CC1. The zero-order valence-corrected chi connectivity index (χ0v) is 13.2. The van der Waals surface area contributed by atoms with Crippen LogP contribution in [0.5, 0.6) is 0 Å². The van der Waals surface area contributed by atoms with Crippen LogP contribution in [0.4, 0.5) is 10.8 Å². The maximum atomic E-state index is 11.9. The van der Waals surface area contributed by atoms with E-state index in [1.54, 1.807) is 0 Å². The van der Waals surface area contributed by atoms with Gasteiger partial charge in [-0.3, -0.25) is 0 Å². The molecule has 2 aromatic rings. The van der Waals surface area contributed by atoms with Crippen molar-refractivity contribution in [1.29, 1.82) is 0 Å². The van der Waals surface area contributed by atoms with Crippen molar-refractivity contribution in [2.75, 3.05) is 37.6 Å². The van der Waals surface area contributed by atoms with Crippen LogP contribution in [0, 0.1) is 0 Å². The van der Waals surface area contributed by atoms with E-state index >= 15 is 0 Å². The molecule has 0 spiro atoms. The number of rotatable bonds is 4. The molecule has 0 atom stereocenters. The quantitative estimate of drug-likeness (QED) is 0.934. The minimum absolute atomic E-state index is 0.00186. The average Bonchev–Trinajstić information content (AvgIpc) is 3.11. The number of nitrogens with zero attached hydrogens (tertiary/aromatic N) is 4. The molecule has 1 saturated heterocycles. The monoisotopic (exact) mass is 315 g/mol. The van der Waals surface area contributed by atoms with E-state index < -0.39 is 0 Å². The number of anilines is 1. The lowest BCUT2D eigenvalue weighted by molar-refractivity contribution is 0.193. The fourth-order valence-corrected chi connectivity index (χ4v) is 2.49. The highest BCUT2D eigenvalue weighted by molar-refractivity contribution is 5.74. The maximum Gasteiger partial charge on any atom is 0.318 e. The Balaban J connectivity index is 1.58. The molecule has 23 heavy (non-hydrogen) atoms. The van der Waals surface area contributed by atoms with Gasteiger partial charge in [0.1, 0.15) is 0 Å². The number of carbonyl (C=O) groups is 1. The molecular weight excluding hydrogens is 294 g/mol. The summed E-state index contributed by atoms with van der Waals surface area (Å²) in [4.78, 5) is 15.8. The molecular formula is C16H21N5O2. The van der Waals surface area contributed by atoms with Gasteiger partial charge < -0.3 is 19.5 Å². The number of aromatic nitrogens is 2. The Labute approximate surface area is 135 Å². The van der Waals surface area contributed by atoms with Crippen molar-refractivity contribution in [3.05, 3.63) is 30.3 Å². The lowest BCUT2D eigenvalue weighted by Gasteiger charge is -2.33. The van der Waals surface area contributed by atoms with Gasteiger partial charge in [0, 0.05) is 38.3 Å². The molecule has 122 valence electrons. The molecule has 1 aliphatic rings. The van der Waals surface area contributed by atoms with Crippen molar-refractivity contribution >= 4 is 12.0 Å². The third-order valence-electron chi connectivity index (χ3n) is 3.80. The summed E-state index contributed by atoms with van der Waals surface area (Å²) in [5.41, 5.74) is 0.906. The summed E-state index contributed by atoms with van der Waals surface area (Å²) in [6, 6.07) is 10.2. The van der Waals surface area contributed by atoms with Crippen LogP contribution >= 0.6 is 0 Å². The van der Waals surface area contributed by atoms with E-state index in [1.165, 1.54) is 0 Å². The van der Waals surface area contributed by atoms with Gasteiger partial charge >= 0.3 is 12.0 Å². The summed E-state index contributed by atoms with van der Waals surface area (Å²) < 4.78 is 5.75. The summed E-state index contributed by atoms with van der Waals surface area (Å²) in [5, 5.41) is 11.1. The predicted molar refractivity (Wildman–Crippen MR) is 87.2 cm³/mol. The Morgan fingerprint density at radius 2 is 1.91 bits per heavy atom. The zero-order chi connectivity index (χ0) is 16.1. The summed E-state index contributed by atoms with van der Waals surface area (Å²) in [5.74, 6) is 0.517. The molecule has 0 radical (unpaired) electrons. The van der Waals surface area contributed by atoms with Crippen molar-refractivity contribution in [3.8, 4) is 11.5 Å². The first-order valence-electron chi connectivity index (χ1n) is 7.94. The number of hydrogen-bond acceptors (Lipinski definition) is 5. The Hall–Kier alpha value is -2.57. The maximum absolute atomic E-state index is 11.9.